The first-order valence-electron chi connectivity index (χ1n) is 9.07. The lowest BCUT2D eigenvalue weighted by Gasteiger charge is -2.51. The standard InChI is InChI=1S/C16H17N9O5S2/c1-6-20-23-24(21-6)3-7-4-31-14-10(13(27)25(14)11(7)15(28)29)19-12(26)9(22-30-2)8-5-32-16(17)18-8/h4-5,10-11,14H,3H2,1-2H3,(H2,17,18)(H,19,26)(H,28,29)/b22-9-/t10-,11-,14-/m1/s1. The van der Waals surface area contributed by atoms with Crippen LogP contribution in [0.4, 0.5) is 5.13 Å². The number of rotatable bonds is 7. The van der Waals surface area contributed by atoms with Crippen LogP contribution in [-0.4, -0.2) is 83.3 Å². The Bertz CT molecular complexity index is 1140. The highest BCUT2D eigenvalue weighted by Crippen LogP contribution is 2.40. The summed E-state index contributed by atoms with van der Waals surface area (Å²) in [6.07, 6.45) is 0. The molecule has 168 valence electrons. The lowest BCUT2D eigenvalue weighted by molar-refractivity contribution is -0.159. The van der Waals surface area contributed by atoms with Crippen LogP contribution in [-0.2, 0) is 25.8 Å². The Hall–Kier alpha value is -3.53. The van der Waals surface area contributed by atoms with Crippen molar-refractivity contribution in [3.8, 4) is 0 Å². The molecule has 14 nitrogen and oxygen atoms in total. The van der Waals surface area contributed by atoms with Gasteiger partial charge in [0.05, 0.1) is 6.54 Å². The Morgan fingerprint density at radius 3 is 2.81 bits per heavy atom. The van der Waals surface area contributed by atoms with E-state index < -0.39 is 35.2 Å². The Kier molecular flexibility index (Phi) is 5.79. The van der Waals surface area contributed by atoms with Gasteiger partial charge in [-0.25, -0.2) is 9.78 Å². The van der Waals surface area contributed by atoms with E-state index >= 15 is 0 Å². The Morgan fingerprint density at radius 2 is 2.22 bits per heavy atom. The lowest BCUT2D eigenvalue weighted by Crippen LogP contribution is -2.74. The lowest BCUT2D eigenvalue weighted by atomic mass is 9.97. The van der Waals surface area contributed by atoms with Crippen LogP contribution in [0.1, 0.15) is 11.5 Å². The number of thioether (sulfide) groups is 1. The molecule has 0 spiro atoms. The van der Waals surface area contributed by atoms with E-state index in [2.05, 4.69) is 30.9 Å². The van der Waals surface area contributed by atoms with Crippen LogP contribution in [0.3, 0.4) is 0 Å². The third-order valence-corrected chi connectivity index (χ3v) is 6.52. The average Bonchev–Trinajstić information content (AvgIpc) is 3.37. The molecule has 2 amide bonds. The average molecular weight is 480 g/mol. The fraction of sp³-hybridized carbons (Fsp3) is 0.375. The second-order valence-corrected chi connectivity index (χ2v) is 8.60. The number of β-lactam (4-membered cyclic amide) rings is 1. The van der Waals surface area contributed by atoms with Crippen molar-refractivity contribution in [3.63, 3.8) is 0 Å². The molecule has 16 heteroatoms. The predicted molar refractivity (Wildman–Crippen MR) is 112 cm³/mol. The van der Waals surface area contributed by atoms with E-state index in [1.807, 2.05) is 0 Å². The van der Waals surface area contributed by atoms with E-state index in [-0.39, 0.29) is 23.1 Å². The van der Waals surface area contributed by atoms with Gasteiger partial charge in [-0.05, 0) is 23.1 Å². The van der Waals surface area contributed by atoms with Gasteiger partial charge in [-0.3, -0.25) is 9.59 Å². The van der Waals surface area contributed by atoms with E-state index in [1.165, 1.54) is 33.9 Å². The van der Waals surface area contributed by atoms with Crippen molar-refractivity contribution >= 4 is 51.7 Å². The fourth-order valence-corrected chi connectivity index (χ4v) is 5.06. The number of nitrogens with zero attached hydrogens (tertiary/aromatic N) is 7. The molecule has 4 rings (SSSR count). The highest BCUT2D eigenvalue weighted by molar-refractivity contribution is 8.02. The fourth-order valence-electron chi connectivity index (χ4n) is 3.29. The quantitative estimate of drug-likeness (QED) is 0.246. The third-order valence-electron chi connectivity index (χ3n) is 4.63. The van der Waals surface area contributed by atoms with Crippen molar-refractivity contribution in [1.82, 2.24) is 35.4 Å². The van der Waals surface area contributed by atoms with Gasteiger partial charge in [-0.15, -0.1) is 33.3 Å². The highest BCUT2D eigenvalue weighted by atomic mass is 32.2. The molecule has 0 aromatic carbocycles. The predicted octanol–water partition coefficient (Wildman–Crippen LogP) is -1.19. The molecule has 32 heavy (non-hydrogen) atoms. The molecule has 3 atom stereocenters. The Balaban J connectivity index is 1.52. The number of thiazole rings is 1. The molecule has 0 saturated carbocycles. The molecule has 2 aliphatic rings. The van der Waals surface area contributed by atoms with Crippen LogP contribution in [0, 0.1) is 6.92 Å². The van der Waals surface area contributed by atoms with E-state index in [9.17, 15) is 19.5 Å². The number of carboxylic acids is 1. The number of aliphatic carboxylic acids is 1. The zero-order valence-corrected chi connectivity index (χ0v) is 18.3. The summed E-state index contributed by atoms with van der Waals surface area (Å²) in [6, 6.07) is -2.16. The van der Waals surface area contributed by atoms with Crippen molar-refractivity contribution in [2.75, 3.05) is 12.8 Å². The van der Waals surface area contributed by atoms with Crippen LogP contribution < -0.4 is 11.1 Å². The molecule has 2 aliphatic heterocycles. The Morgan fingerprint density at radius 1 is 1.44 bits per heavy atom. The van der Waals surface area contributed by atoms with Gasteiger partial charge in [0, 0.05) is 5.38 Å². The van der Waals surface area contributed by atoms with Gasteiger partial charge in [0.25, 0.3) is 5.91 Å². The maximum absolute atomic E-state index is 12.8. The van der Waals surface area contributed by atoms with E-state index in [1.54, 1.807) is 12.3 Å². The minimum absolute atomic E-state index is 0.0637. The number of carbonyl (C=O) groups is 3. The second kappa shape index (κ2) is 8.54. The van der Waals surface area contributed by atoms with Crippen molar-refractivity contribution in [1.29, 1.82) is 0 Å². The number of fused-ring (bicyclic) bond motifs is 1. The number of nitrogen functional groups attached to an aromatic ring is 1. The minimum atomic E-state index is -1.21. The van der Waals surface area contributed by atoms with Gasteiger partial charge >= 0.3 is 5.97 Å². The number of tetrazole rings is 1. The van der Waals surface area contributed by atoms with E-state index in [4.69, 9.17) is 10.6 Å². The summed E-state index contributed by atoms with van der Waals surface area (Å²) in [5.74, 6) is -1.99. The summed E-state index contributed by atoms with van der Waals surface area (Å²) in [5.41, 5.74) is 6.09. The number of aryl methyl sites for hydroxylation is 1. The summed E-state index contributed by atoms with van der Waals surface area (Å²) < 4.78 is 0. The largest absolute Gasteiger partial charge is 0.479 e. The van der Waals surface area contributed by atoms with Gasteiger partial charge in [0.2, 0.25) is 5.91 Å². The number of hydrogen-bond acceptors (Lipinski definition) is 12. The van der Waals surface area contributed by atoms with Crippen molar-refractivity contribution in [2.24, 2.45) is 5.16 Å². The van der Waals surface area contributed by atoms with Crippen molar-refractivity contribution in [2.45, 2.75) is 30.9 Å². The second-order valence-electron chi connectivity index (χ2n) is 6.72. The number of carboxylic acid groups (broad SMARTS) is 1. The number of amides is 2. The molecule has 0 aliphatic carbocycles. The third kappa shape index (κ3) is 3.89. The van der Waals surface area contributed by atoms with Gasteiger partial charge in [0.1, 0.15) is 24.2 Å². The highest BCUT2D eigenvalue weighted by Gasteiger charge is 2.56. The molecule has 2 aromatic heterocycles. The first kappa shape index (κ1) is 21.7. The van der Waals surface area contributed by atoms with Crippen LogP contribution >= 0.6 is 23.1 Å². The first-order valence-corrected chi connectivity index (χ1v) is 10.9. The zero-order chi connectivity index (χ0) is 23.0. The van der Waals surface area contributed by atoms with E-state index in [0.717, 1.165) is 11.3 Å². The number of oxime groups is 1. The van der Waals surface area contributed by atoms with Gasteiger partial charge < -0.3 is 25.9 Å². The van der Waals surface area contributed by atoms with E-state index in [0.29, 0.717) is 11.4 Å². The van der Waals surface area contributed by atoms with Crippen molar-refractivity contribution < 1.29 is 24.3 Å². The molecular weight excluding hydrogens is 462 g/mol. The molecule has 2 aromatic rings. The smallest absolute Gasteiger partial charge is 0.330 e. The summed E-state index contributed by atoms with van der Waals surface area (Å²) in [4.78, 5) is 48.7. The molecule has 1 fully saturated rings. The van der Waals surface area contributed by atoms with Crippen molar-refractivity contribution in [3.05, 3.63) is 27.9 Å². The number of nitrogens with two attached hydrogens (primary N) is 1. The monoisotopic (exact) mass is 479 g/mol. The van der Waals surface area contributed by atoms with Gasteiger partial charge in [-0.2, -0.15) is 4.80 Å². The number of carbonyl (C=O) groups excluding carboxylic acids is 2. The van der Waals surface area contributed by atoms with Gasteiger partial charge in [-0.1, -0.05) is 5.16 Å². The number of anilines is 1. The maximum atomic E-state index is 12.8. The normalized spacial score (nSPS) is 22.6. The summed E-state index contributed by atoms with van der Waals surface area (Å²) >= 11 is 2.34. The minimum Gasteiger partial charge on any atom is -0.479 e. The Labute approximate surface area is 188 Å². The van der Waals surface area contributed by atoms with Gasteiger partial charge in [0.15, 0.2) is 22.7 Å². The SMILES string of the molecule is CO/N=C(\C(=O)N[C@@H]1C(=O)N2[C@@H](C(=O)O)C(Cn3nnc(C)n3)=CS[C@H]12)c1csc(N)n1. The molecule has 0 bridgehead atoms. The maximum Gasteiger partial charge on any atom is 0.330 e. The van der Waals surface area contributed by atoms with Crippen LogP contribution in [0.2, 0.25) is 0 Å². The first-order chi connectivity index (χ1) is 15.3. The molecule has 4 heterocycles. The molecule has 0 radical (unpaired) electrons. The van der Waals surface area contributed by atoms with Crippen LogP contribution in [0.25, 0.3) is 0 Å². The topological polar surface area (TPSA) is 191 Å². The van der Waals surface area contributed by atoms with Crippen LogP contribution in [0.15, 0.2) is 21.5 Å². The zero-order valence-electron chi connectivity index (χ0n) is 16.7. The number of hydrogen-bond donors (Lipinski definition) is 3. The summed E-state index contributed by atoms with van der Waals surface area (Å²) in [5, 5.41) is 30.5. The number of aromatic nitrogens is 5. The van der Waals surface area contributed by atoms with Crippen LogP contribution in [0.5, 0.6) is 0 Å². The summed E-state index contributed by atoms with van der Waals surface area (Å²) in [7, 11) is 1.27. The number of nitrogens with one attached hydrogen (secondary N) is 1. The summed E-state index contributed by atoms with van der Waals surface area (Å²) in [6.45, 7) is 1.72. The molecule has 4 N–H and O–H groups in total. The molecule has 1 saturated heterocycles. The molecular formula is C16H17N9O5S2. The molecule has 0 unspecified atom stereocenters.